The molecule has 7 rings (SSSR count). The number of para-hydroxylation sites is 2. The molecule has 13 atom stereocenters. The van der Waals surface area contributed by atoms with Gasteiger partial charge in [0.25, 0.3) is 5.91 Å². The molecule has 46 nitrogen and oxygen atoms in total. The maximum absolute atomic E-state index is 15.1. The summed E-state index contributed by atoms with van der Waals surface area (Å²) in [6.45, 7) is 3.03. The number of primary amides is 1. The number of halogens is 1. The number of esters is 1. The number of rotatable bonds is 40. The fraction of sp³-hybridized carbons (Fsp3) is 0.478. The number of aliphatic hydroxyl groups is 1. The molecule has 0 saturated carbocycles. The number of ketones is 1. The van der Waals surface area contributed by atoms with Crippen molar-refractivity contribution in [3.8, 4) is 0 Å². The van der Waals surface area contributed by atoms with Crippen molar-refractivity contribution in [3.05, 3.63) is 131 Å². The van der Waals surface area contributed by atoms with Crippen molar-refractivity contribution in [1.82, 2.24) is 84.3 Å². The lowest BCUT2D eigenvalue weighted by Gasteiger charge is -2.36. The maximum Gasteiger partial charge on any atom is 0.329 e. The lowest BCUT2D eigenvalue weighted by molar-refractivity contribution is -0.156. The van der Waals surface area contributed by atoms with Gasteiger partial charge in [-0.15, -0.1) is 0 Å². The molecule has 4 aromatic carbocycles. The third kappa shape index (κ3) is 35.7. The molecule has 0 bridgehead atoms. The van der Waals surface area contributed by atoms with E-state index in [-0.39, 0.29) is 49.5 Å². The van der Waals surface area contributed by atoms with Crippen LogP contribution in [0.15, 0.2) is 103 Å². The van der Waals surface area contributed by atoms with Crippen LogP contribution in [0, 0.1) is 11.7 Å². The maximum atomic E-state index is 15.1. The third-order valence-electron chi connectivity index (χ3n) is 22.3. The number of anilines is 2. The number of ether oxygens (including phenoxy) is 1. The summed E-state index contributed by atoms with van der Waals surface area (Å²) in [4.78, 5) is 298. The predicted octanol–water partition coefficient (Wildman–Crippen LogP) is -2.69. The standard InChI is InChI=1S/C90H118FN19O27/c1-5-6-7-8-9-10-11-22-70(114)100-61(37-53-44-95-59-20-15-13-17-56(53)59)83(129)103-62(39-69(93)113)84(130)105-65(42-76(123)124)85(131)108-78-50(4)137-90(136)66(38-68(112)57-18-12-14-19-58(57)92)106-88(134)77(48(2)36-73(117)118)107-86(132)67(47-111)101-72(116)45-96-80(126)63(40-74(119)120)102-79(125)49(3)98-82(128)64(41-75(121)122)104-81(127)60(99-71(115)46-97-87(78)133)21-16-31-94-43-51-23-25-52(26-24-51)89(135)110-34-32-109(33-35-110)55-29-27-54(91)28-30-55/h12-15,17-20,23-30,44,48-50,60-67,77-78,94-95,111H,5-11,16,21-22,31-43,45-47,92H2,1-4H3,(H2,93,113)(H,96,126)(H,97,133)(H,98,128)(H,99,115)(H,100,114)(H,101,116)(H,102,125)(H,103,129)(H,104,127)(H,105,130)(H,106,134)(H,107,132)(H,108,131)(H,117,118)(H,119,120)(H,121,122)(H,123,124). The van der Waals surface area contributed by atoms with Gasteiger partial charge in [0.2, 0.25) is 82.7 Å². The number of unbranched alkanes of at least 4 members (excludes halogenated alkanes) is 6. The van der Waals surface area contributed by atoms with Gasteiger partial charge in [0.15, 0.2) is 5.78 Å². The number of aliphatic hydroxyl groups excluding tert-OH is 1. The zero-order valence-electron chi connectivity index (χ0n) is 75.8. The molecule has 0 radical (unpaired) electrons. The minimum Gasteiger partial charge on any atom is -0.481 e. The van der Waals surface area contributed by atoms with Crippen LogP contribution in [-0.4, -0.2) is 285 Å². The molecule has 2 saturated heterocycles. The second-order valence-corrected chi connectivity index (χ2v) is 33.1. The van der Waals surface area contributed by atoms with E-state index < -0.39 is 267 Å². The minimum atomic E-state index is -2.49. The molecule has 15 amide bonds. The second kappa shape index (κ2) is 54.3. The Hall–Kier alpha value is -15.1. The fourth-order valence-corrected chi connectivity index (χ4v) is 14.8. The van der Waals surface area contributed by atoms with Gasteiger partial charge in [0, 0.05) is 91.6 Å². The summed E-state index contributed by atoms with van der Waals surface area (Å²) in [6, 6.07) is 1.55. The van der Waals surface area contributed by atoms with E-state index in [1.807, 2.05) is 15.5 Å². The highest BCUT2D eigenvalue weighted by Gasteiger charge is 2.42. The Bertz CT molecular complexity index is 5170. The number of nitrogen functional groups attached to an aromatic ring is 1. The molecular formula is C90H118FN19O27. The van der Waals surface area contributed by atoms with Crippen molar-refractivity contribution >= 4 is 147 Å². The number of hydrogen-bond donors (Lipinski definition) is 22. The summed E-state index contributed by atoms with van der Waals surface area (Å²) in [5.74, 6) is -30.7. The summed E-state index contributed by atoms with van der Waals surface area (Å²) in [5, 5.41) is 83.0. The molecule has 1 aromatic heterocycles. The number of hydrogen-bond acceptors (Lipinski definition) is 26. The number of benzene rings is 4. The van der Waals surface area contributed by atoms with Gasteiger partial charge < -0.3 is 131 Å². The number of H-pyrrole nitrogens is 1. The van der Waals surface area contributed by atoms with Gasteiger partial charge in [-0.1, -0.05) is 94.8 Å². The number of piperazine rings is 1. The second-order valence-electron chi connectivity index (χ2n) is 33.1. The van der Waals surface area contributed by atoms with E-state index in [4.69, 9.17) is 16.2 Å². The Kier molecular flexibility index (Phi) is 43.2. The Morgan fingerprint density at radius 1 is 0.547 bits per heavy atom. The number of amides is 15. The summed E-state index contributed by atoms with van der Waals surface area (Å²) in [7, 11) is 0. The molecule has 2 fully saturated rings. The van der Waals surface area contributed by atoms with E-state index in [0.717, 1.165) is 58.6 Å². The van der Waals surface area contributed by atoms with Crippen molar-refractivity contribution in [3.63, 3.8) is 0 Å². The number of nitrogens with zero attached hydrogens (tertiary/aromatic N) is 2. The van der Waals surface area contributed by atoms with E-state index in [1.165, 1.54) is 36.4 Å². The summed E-state index contributed by atoms with van der Waals surface area (Å²) < 4.78 is 19.4. The Morgan fingerprint density at radius 3 is 1.73 bits per heavy atom. The van der Waals surface area contributed by atoms with Crippen LogP contribution in [0.1, 0.15) is 162 Å². The number of Topliss-reactive ketones (excluding diaryl/α,β-unsaturated/α-hetero) is 1. The normalized spacial score (nSPS) is 20.3. The SMILES string of the molecule is CCCCCCCCCC(=O)NC(Cc1c[nH]c2ccccc12)C(=O)NC(CC(N)=O)C(=O)NC(CC(=O)O)C(=O)NC1C(=O)NCC(=O)NC(CCCNCc2ccc(C(=O)N3CCN(c4ccc(F)cc4)CC3)cc2)C(=O)NC(CC(=O)O)C(=O)NC(C)C(=O)NC(CC(=O)O)C(=O)NCC(=O)NC(CO)C(=O)NC(C(C)CC(=O)O)C(=O)NC(CC(=O)c2ccccc2N)C(=O)OC1C. The molecule has 24 N–H and O–H groups in total. The highest BCUT2D eigenvalue weighted by molar-refractivity contribution is 6.05. The number of cyclic esters (lactones) is 1. The van der Waals surface area contributed by atoms with Crippen LogP contribution in [0.3, 0.4) is 0 Å². The van der Waals surface area contributed by atoms with Gasteiger partial charge in [-0.3, -0.25) is 95.9 Å². The van der Waals surface area contributed by atoms with E-state index in [0.29, 0.717) is 66.6 Å². The summed E-state index contributed by atoms with van der Waals surface area (Å²) in [6.07, 6.45) is -2.65. The average molecular weight is 1920 g/mol. The van der Waals surface area contributed by atoms with Crippen LogP contribution in [0.2, 0.25) is 0 Å². The van der Waals surface area contributed by atoms with Gasteiger partial charge in [-0.2, -0.15) is 0 Å². The van der Waals surface area contributed by atoms with Crippen molar-refractivity contribution in [2.75, 3.05) is 63.1 Å². The molecule has 47 heteroatoms. The number of aliphatic carboxylic acids is 4. The monoisotopic (exact) mass is 1920 g/mol. The number of carboxylic acids is 4. The van der Waals surface area contributed by atoms with Gasteiger partial charge >= 0.3 is 29.8 Å². The van der Waals surface area contributed by atoms with Gasteiger partial charge in [0.1, 0.15) is 78.4 Å². The first-order valence-corrected chi connectivity index (χ1v) is 44.5. The summed E-state index contributed by atoms with van der Waals surface area (Å²) >= 11 is 0. The summed E-state index contributed by atoms with van der Waals surface area (Å²) in [5.41, 5.74) is 14.2. The number of carbonyl (C=O) groups excluding carboxylic acids is 17. The first-order valence-electron chi connectivity index (χ1n) is 44.5. The zero-order valence-corrected chi connectivity index (χ0v) is 75.8. The lowest BCUT2D eigenvalue weighted by atomic mass is 9.96. The molecule has 2 aliphatic heterocycles. The molecule has 0 aliphatic carbocycles. The first-order chi connectivity index (χ1) is 65.1. The topological polar surface area (TPSA) is 712 Å². The molecule has 5 aromatic rings. The fourth-order valence-electron chi connectivity index (χ4n) is 14.8. The van der Waals surface area contributed by atoms with Crippen molar-refractivity contribution in [2.24, 2.45) is 11.7 Å². The van der Waals surface area contributed by atoms with Crippen LogP contribution in [0.5, 0.6) is 0 Å². The Morgan fingerprint density at radius 2 is 1.11 bits per heavy atom. The number of nitrogens with one attached hydrogen (secondary N) is 15. The Labute approximate surface area is 784 Å². The van der Waals surface area contributed by atoms with Crippen LogP contribution < -0.4 is 90.8 Å². The number of carbonyl (C=O) groups is 21. The minimum absolute atomic E-state index is 0.00708. The average Bonchev–Trinajstić information content (AvgIpc) is 1.67. The lowest BCUT2D eigenvalue weighted by Crippen LogP contribution is -2.62. The molecule has 2 aliphatic rings. The van der Waals surface area contributed by atoms with E-state index in [2.05, 4.69) is 75.7 Å². The molecule has 13 unspecified atom stereocenters. The largest absolute Gasteiger partial charge is 0.481 e. The third-order valence-corrected chi connectivity index (χ3v) is 22.3. The van der Waals surface area contributed by atoms with Crippen molar-refractivity contribution < 1.29 is 135 Å². The first kappa shape index (κ1) is 109. The Balaban J connectivity index is 1.25. The van der Waals surface area contributed by atoms with Crippen molar-refractivity contribution in [1.29, 1.82) is 0 Å². The smallest absolute Gasteiger partial charge is 0.329 e. The van der Waals surface area contributed by atoms with E-state index >= 15 is 14.4 Å². The predicted molar refractivity (Wildman–Crippen MR) is 484 cm³/mol. The number of aromatic amines is 1. The van der Waals surface area contributed by atoms with Crippen LogP contribution >= 0.6 is 0 Å². The molecule has 0 spiro atoms. The number of fused-ring (bicyclic) bond motifs is 1. The van der Waals surface area contributed by atoms with Crippen LogP contribution in [0.4, 0.5) is 15.8 Å². The zero-order chi connectivity index (χ0) is 101. The molecule has 3 heterocycles. The van der Waals surface area contributed by atoms with Crippen LogP contribution in [-0.2, 0) is 109 Å². The van der Waals surface area contributed by atoms with Crippen LogP contribution in [0.25, 0.3) is 10.9 Å². The van der Waals surface area contributed by atoms with E-state index in [9.17, 15) is 116 Å². The molecular weight excluding hydrogens is 1800 g/mol. The van der Waals surface area contributed by atoms with E-state index in [1.54, 1.807) is 71.8 Å². The number of aromatic nitrogens is 1. The van der Waals surface area contributed by atoms with Gasteiger partial charge in [-0.05, 0) is 111 Å². The highest BCUT2D eigenvalue weighted by Crippen LogP contribution is 2.24. The van der Waals surface area contributed by atoms with Gasteiger partial charge in [-0.25, -0.2) is 9.18 Å². The van der Waals surface area contributed by atoms with Crippen molar-refractivity contribution in [2.45, 2.75) is 216 Å². The quantitative estimate of drug-likeness (QED) is 0.00822. The van der Waals surface area contributed by atoms with Gasteiger partial charge in [0.05, 0.1) is 51.8 Å². The number of nitrogens with two attached hydrogens (primary N) is 2. The highest BCUT2D eigenvalue weighted by atomic mass is 19.1. The molecule has 137 heavy (non-hydrogen) atoms. The number of carboxylic acid groups (broad SMARTS) is 4. The molecule has 742 valence electrons.